The van der Waals surface area contributed by atoms with Crippen LogP contribution in [-0.2, 0) is 4.74 Å². The third-order valence-electron chi connectivity index (χ3n) is 3.92. The number of hydrogen-bond donors (Lipinski definition) is 1. The zero-order valence-corrected chi connectivity index (χ0v) is 14.2. The molecule has 0 aliphatic carbocycles. The van der Waals surface area contributed by atoms with Crippen LogP contribution in [0.4, 0.5) is 14.9 Å². The van der Waals surface area contributed by atoms with Gasteiger partial charge in [-0.05, 0) is 39.3 Å². The molecule has 0 saturated carbocycles. The quantitative estimate of drug-likeness (QED) is 0.909. The van der Waals surface area contributed by atoms with Crippen molar-refractivity contribution in [3.63, 3.8) is 0 Å². The summed E-state index contributed by atoms with van der Waals surface area (Å²) in [5, 5.41) is 4.15. The SMILES string of the molecule is CC(C)(C)OC(=O)N1CC[C@@H](Nc2ccnc3c(F)cccc23)C1. The van der Waals surface area contributed by atoms with Crippen molar-refractivity contribution >= 4 is 22.7 Å². The van der Waals surface area contributed by atoms with Crippen molar-refractivity contribution in [1.82, 2.24) is 9.88 Å². The number of anilines is 1. The molecule has 24 heavy (non-hydrogen) atoms. The number of rotatable bonds is 2. The summed E-state index contributed by atoms with van der Waals surface area (Å²) in [6, 6.07) is 6.85. The van der Waals surface area contributed by atoms with E-state index in [9.17, 15) is 9.18 Å². The highest BCUT2D eigenvalue weighted by Crippen LogP contribution is 2.26. The van der Waals surface area contributed by atoms with Crippen molar-refractivity contribution in [3.8, 4) is 0 Å². The zero-order valence-electron chi connectivity index (χ0n) is 14.2. The molecule has 1 atom stereocenters. The van der Waals surface area contributed by atoms with Gasteiger partial charge in [0.15, 0.2) is 0 Å². The van der Waals surface area contributed by atoms with Gasteiger partial charge in [0.1, 0.15) is 16.9 Å². The van der Waals surface area contributed by atoms with Crippen LogP contribution in [0.25, 0.3) is 10.9 Å². The summed E-state index contributed by atoms with van der Waals surface area (Å²) < 4.78 is 19.3. The number of nitrogens with zero attached hydrogens (tertiary/aromatic N) is 2. The Balaban J connectivity index is 1.70. The number of ether oxygens (including phenoxy) is 1. The highest BCUT2D eigenvalue weighted by molar-refractivity contribution is 5.91. The molecule has 1 aliphatic heterocycles. The number of benzene rings is 1. The predicted molar refractivity (Wildman–Crippen MR) is 91.5 cm³/mol. The van der Waals surface area contributed by atoms with Crippen LogP contribution >= 0.6 is 0 Å². The Kier molecular flexibility index (Phi) is 4.30. The predicted octanol–water partition coefficient (Wildman–Crippen LogP) is 3.80. The Morgan fingerprint density at radius 1 is 1.38 bits per heavy atom. The molecule has 1 aromatic heterocycles. The smallest absolute Gasteiger partial charge is 0.410 e. The molecule has 1 aromatic carbocycles. The summed E-state index contributed by atoms with van der Waals surface area (Å²) in [7, 11) is 0. The van der Waals surface area contributed by atoms with Gasteiger partial charge in [0.25, 0.3) is 0 Å². The number of halogens is 1. The van der Waals surface area contributed by atoms with Crippen LogP contribution in [0.3, 0.4) is 0 Å². The molecular weight excluding hydrogens is 309 g/mol. The van der Waals surface area contributed by atoms with Crippen LogP contribution < -0.4 is 5.32 Å². The molecule has 128 valence electrons. The third-order valence-corrected chi connectivity index (χ3v) is 3.92. The van der Waals surface area contributed by atoms with E-state index in [0.29, 0.717) is 18.6 Å². The number of hydrogen-bond acceptors (Lipinski definition) is 4. The fraction of sp³-hybridized carbons (Fsp3) is 0.444. The van der Waals surface area contributed by atoms with Gasteiger partial charge in [-0.3, -0.25) is 4.98 Å². The average Bonchev–Trinajstić information content (AvgIpc) is 2.95. The maximum Gasteiger partial charge on any atom is 0.410 e. The molecule has 1 aliphatic rings. The first-order chi connectivity index (χ1) is 11.3. The molecule has 6 heteroatoms. The molecule has 5 nitrogen and oxygen atoms in total. The van der Waals surface area contributed by atoms with Gasteiger partial charge in [0.2, 0.25) is 0 Å². The lowest BCUT2D eigenvalue weighted by Gasteiger charge is -2.24. The lowest BCUT2D eigenvalue weighted by Crippen LogP contribution is -2.36. The second-order valence-corrected chi connectivity index (χ2v) is 7.05. The number of para-hydroxylation sites is 1. The normalized spacial score (nSPS) is 18.0. The van der Waals surface area contributed by atoms with E-state index in [-0.39, 0.29) is 18.0 Å². The first kappa shape index (κ1) is 16.5. The molecule has 1 saturated heterocycles. The van der Waals surface area contributed by atoms with E-state index < -0.39 is 5.60 Å². The van der Waals surface area contributed by atoms with Crippen LogP contribution in [0.1, 0.15) is 27.2 Å². The molecule has 0 unspecified atom stereocenters. The average molecular weight is 331 g/mol. The van der Waals surface area contributed by atoms with Gasteiger partial charge in [-0.25, -0.2) is 9.18 Å². The van der Waals surface area contributed by atoms with E-state index in [1.165, 1.54) is 6.07 Å². The van der Waals surface area contributed by atoms with E-state index in [4.69, 9.17) is 4.74 Å². The molecule has 0 radical (unpaired) electrons. The first-order valence-corrected chi connectivity index (χ1v) is 8.11. The maximum atomic E-state index is 13.8. The van der Waals surface area contributed by atoms with Gasteiger partial charge in [0.05, 0.1) is 0 Å². The fourth-order valence-electron chi connectivity index (χ4n) is 2.86. The van der Waals surface area contributed by atoms with E-state index in [0.717, 1.165) is 17.5 Å². The molecular formula is C18H22FN3O2. The second-order valence-electron chi connectivity index (χ2n) is 7.05. The summed E-state index contributed by atoms with van der Waals surface area (Å²) in [6.07, 6.45) is 2.12. The molecule has 0 bridgehead atoms. The van der Waals surface area contributed by atoms with E-state index in [2.05, 4.69) is 10.3 Å². The first-order valence-electron chi connectivity index (χ1n) is 8.11. The molecule has 1 N–H and O–H groups in total. The van der Waals surface area contributed by atoms with Gasteiger partial charge < -0.3 is 15.0 Å². The zero-order chi connectivity index (χ0) is 17.3. The summed E-state index contributed by atoms with van der Waals surface area (Å²) in [5.41, 5.74) is 0.682. The largest absolute Gasteiger partial charge is 0.444 e. The lowest BCUT2D eigenvalue weighted by molar-refractivity contribution is 0.0293. The van der Waals surface area contributed by atoms with Crippen LogP contribution in [0, 0.1) is 5.82 Å². The number of likely N-dealkylation sites (tertiary alicyclic amines) is 1. The minimum atomic E-state index is -0.499. The molecule has 1 amide bonds. The Bertz CT molecular complexity index is 758. The van der Waals surface area contributed by atoms with Gasteiger partial charge in [-0.15, -0.1) is 0 Å². The fourth-order valence-corrected chi connectivity index (χ4v) is 2.86. The Morgan fingerprint density at radius 3 is 2.92 bits per heavy atom. The lowest BCUT2D eigenvalue weighted by atomic mass is 10.1. The summed E-state index contributed by atoms with van der Waals surface area (Å²) in [4.78, 5) is 17.9. The minimum absolute atomic E-state index is 0.103. The van der Waals surface area contributed by atoms with Crippen LogP contribution in [0.15, 0.2) is 30.5 Å². The number of fused-ring (bicyclic) bond motifs is 1. The monoisotopic (exact) mass is 331 g/mol. The highest BCUT2D eigenvalue weighted by atomic mass is 19.1. The van der Waals surface area contributed by atoms with E-state index in [1.54, 1.807) is 17.2 Å². The number of nitrogens with one attached hydrogen (secondary N) is 1. The van der Waals surface area contributed by atoms with Crippen molar-refractivity contribution in [2.45, 2.75) is 38.8 Å². The standard InChI is InChI=1S/C18H22FN3O2/c1-18(2,3)24-17(23)22-10-8-12(11-22)21-15-7-9-20-16-13(15)5-4-6-14(16)19/h4-7,9,12H,8,10-11H2,1-3H3,(H,20,21)/t12-/m1/s1. The number of pyridine rings is 1. The Labute approximate surface area is 140 Å². The molecule has 2 aromatic rings. The number of carbonyl (C=O) groups excluding carboxylic acids is 1. The highest BCUT2D eigenvalue weighted by Gasteiger charge is 2.29. The van der Waals surface area contributed by atoms with Crippen molar-refractivity contribution in [2.24, 2.45) is 0 Å². The van der Waals surface area contributed by atoms with Crippen LogP contribution in [0.2, 0.25) is 0 Å². The van der Waals surface area contributed by atoms with Gasteiger partial charge >= 0.3 is 6.09 Å². The van der Waals surface area contributed by atoms with Crippen LogP contribution in [-0.4, -0.2) is 40.7 Å². The molecule has 3 rings (SSSR count). The molecule has 1 fully saturated rings. The van der Waals surface area contributed by atoms with E-state index in [1.807, 2.05) is 32.9 Å². The summed E-state index contributed by atoms with van der Waals surface area (Å²) in [5.74, 6) is -0.335. The molecule has 0 spiro atoms. The minimum Gasteiger partial charge on any atom is -0.444 e. The van der Waals surface area contributed by atoms with Crippen molar-refractivity contribution < 1.29 is 13.9 Å². The van der Waals surface area contributed by atoms with Gasteiger partial charge in [-0.2, -0.15) is 0 Å². The van der Waals surface area contributed by atoms with E-state index >= 15 is 0 Å². The number of carbonyl (C=O) groups is 1. The summed E-state index contributed by atoms with van der Waals surface area (Å²) in [6.45, 7) is 6.77. The topological polar surface area (TPSA) is 54.5 Å². The van der Waals surface area contributed by atoms with Gasteiger partial charge in [-0.1, -0.05) is 12.1 Å². The maximum absolute atomic E-state index is 13.8. The van der Waals surface area contributed by atoms with Crippen molar-refractivity contribution in [2.75, 3.05) is 18.4 Å². The number of aromatic nitrogens is 1. The van der Waals surface area contributed by atoms with Gasteiger partial charge in [0, 0.05) is 36.4 Å². The third kappa shape index (κ3) is 3.58. The van der Waals surface area contributed by atoms with Crippen LogP contribution in [0.5, 0.6) is 0 Å². The number of amides is 1. The second kappa shape index (κ2) is 6.26. The van der Waals surface area contributed by atoms with Crippen molar-refractivity contribution in [1.29, 1.82) is 0 Å². The summed E-state index contributed by atoms with van der Waals surface area (Å²) >= 11 is 0. The Hall–Kier alpha value is -2.37. The Morgan fingerprint density at radius 2 is 2.17 bits per heavy atom. The molecule has 2 heterocycles. The van der Waals surface area contributed by atoms with Crippen molar-refractivity contribution in [3.05, 3.63) is 36.3 Å².